The van der Waals surface area contributed by atoms with Gasteiger partial charge in [0.2, 0.25) is 0 Å². The molecule has 0 spiro atoms. The van der Waals surface area contributed by atoms with Crippen LogP contribution in [0.2, 0.25) is 0 Å². The fraction of sp³-hybridized carbons (Fsp3) is 0.474. The molecule has 28 heavy (non-hydrogen) atoms. The van der Waals surface area contributed by atoms with Gasteiger partial charge in [0.05, 0.1) is 11.7 Å². The van der Waals surface area contributed by atoms with Gasteiger partial charge in [-0.15, -0.1) is 0 Å². The van der Waals surface area contributed by atoms with Gasteiger partial charge in [-0.1, -0.05) is 6.92 Å². The van der Waals surface area contributed by atoms with E-state index in [0.29, 0.717) is 30.2 Å². The first kappa shape index (κ1) is 18.8. The molecule has 3 aromatic rings. The molecule has 1 aliphatic heterocycles. The molecule has 1 saturated heterocycles. The summed E-state index contributed by atoms with van der Waals surface area (Å²) >= 11 is 0. The van der Waals surface area contributed by atoms with Crippen molar-refractivity contribution in [3.05, 3.63) is 53.0 Å². The number of hydrogen-bond donors (Lipinski definition) is 0. The third-order valence-electron chi connectivity index (χ3n) is 5.08. The van der Waals surface area contributed by atoms with Crippen LogP contribution in [0.1, 0.15) is 54.3 Å². The van der Waals surface area contributed by atoms with Crippen LogP contribution in [0.15, 0.2) is 24.5 Å². The van der Waals surface area contributed by atoms with E-state index < -0.39 is 11.9 Å². The number of aromatic nitrogens is 5. The predicted molar refractivity (Wildman–Crippen MR) is 96.5 cm³/mol. The first-order valence-electron chi connectivity index (χ1n) is 9.33. The van der Waals surface area contributed by atoms with Gasteiger partial charge in [0.15, 0.2) is 5.65 Å². The van der Waals surface area contributed by atoms with Crippen molar-refractivity contribution in [2.24, 2.45) is 0 Å². The molecule has 1 aliphatic rings. The number of nitrogens with zero attached hydrogens (tertiary/aromatic N) is 6. The van der Waals surface area contributed by atoms with Crippen LogP contribution in [0.3, 0.4) is 0 Å². The Labute approximate surface area is 160 Å². The van der Waals surface area contributed by atoms with E-state index in [2.05, 4.69) is 25.0 Å². The number of hydrogen-bond acceptors (Lipinski definition) is 5. The smallest absolute Gasteiger partial charge is 0.290 e. The van der Waals surface area contributed by atoms with E-state index in [9.17, 15) is 13.2 Å². The quantitative estimate of drug-likeness (QED) is 0.679. The van der Waals surface area contributed by atoms with Gasteiger partial charge >= 0.3 is 6.18 Å². The fourth-order valence-electron chi connectivity index (χ4n) is 3.68. The molecular weight excluding hydrogens is 369 g/mol. The van der Waals surface area contributed by atoms with Crippen molar-refractivity contribution in [1.82, 2.24) is 29.5 Å². The summed E-state index contributed by atoms with van der Waals surface area (Å²) < 4.78 is 41.4. The summed E-state index contributed by atoms with van der Waals surface area (Å²) in [4.78, 5) is 15.0. The van der Waals surface area contributed by atoms with Gasteiger partial charge in [0, 0.05) is 36.3 Å². The Morgan fingerprint density at radius 3 is 2.61 bits per heavy atom. The lowest BCUT2D eigenvalue weighted by Gasteiger charge is -2.22. The minimum absolute atomic E-state index is 0.0471. The normalized spacial score (nSPS) is 18.2. The van der Waals surface area contributed by atoms with E-state index in [0.717, 1.165) is 35.5 Å². The van der Waals surface area contributed by atoms with Crippen molar-refractivity contribution in [2.75, 3.05) is 6.54 Å². The highest BCUT2D eigenvalue weighted by molar-refractivity contribution is 5.43. The Bertz CT molecular complexity index is 980. The Balaban J connectivity index is 1.68. The molecule has 9 heteroatoms. The minimum atomic E-state index is -4.48. The molecule has 4 rings (SSSR count). The fourth-order valence-corrected chi connectivity index (χ4v) is 3.68. The monoisotopic (exact) mass is 390 g/mol. The van der Waals surface area contributed by atoms with Crippen LogP contribution in [0.5, 0.6) is 0 Å². The van der Waals surface area contributed by atoms with Crippen LogP contribution in [0.4, 0.5) is 13.2 Å². The highest BCUT2D eigenvalue weighted by Gasteiger charge is 2.36. The minimum Gasteiger partial charge on any atom is -0.290 e. The largest absolute Gasteiger partial charge is 0.433 e. The van der Waals surface area contributed by atoms with Crippen LogP contribution in [0.25, 0.3) is 5.65 Å². The molecule has 148 valence electrons. The van der Waals surface area contributed by atoms with Gasteiger partial charge in [-0.05, 0) is 38.8 Å². The zero-order chi connectivity index (χ0) is 19.9. The van der Waals surface area contributed by atoms with Gasteiger partial charge in [-0.25, -0.2) is 19.5 Å². The maximum atomic E-state index is 13.5. The molecule has 3 aromatic heterocycles. The van der Waals surface area contributed by atoms with E-state index in [1.807, 2.05) is 6.92 Å². The molecule has 0 radical (unpaired) electrons. The lowest BCUT2D eigenvalue weighted by molar-refractivity contribution is -0.142. The average molecular weight is 390 g/mol. The Kier molecular flexibility index (Phi) is 4.78. The Morgan fingerprint density at radius 2 is 1.93 bits per heavy atom. The van der Waals surface area contributed by atoms with Crippen molar-refractivity contribution in [1.29, 1.82) is 0 Å². The van der Waals surface area contributed by atoms with E-state index in [4.69, 9.17) is 0 Å². The summed E-state index contributed by atoms with van der Waals surface area (Å²) in [5, 5.41) is 4.30. The summed E-state index contributed by atoms with van der Waals surface area (Å²) in [6.45, 7) is 5.11. The topological polar surface area (TPSA) is 59.2 Å². The van der Waals surface area contributed by atoms with Crippen LogP contribution in [-0.2, 0) is 19.1 Å². The molecular formula is C19H21F3N6. The van der Waals surface area contributed by atoms with Crippen LogP contribution >= 0.6 is 0 Å². The summed E-state index contributed by atoms with van der Waals surface area (Å²) in [5.41, 5.74) is 1.47. The molecule has 1 fully saturated rings. The molecule has 0 aromatic carbocycles. The SMILES string of the molecule is CCc1cc(C(F)(F)F)n2nc(C3CCCN3Cc3cnc(C)nc3)cc2n1. The maximum absolute atomic E-state index is 13.5. The second kappa shape index (κ2) is 7.12. The van der Waals surface area contributed by atoms with Crippen molar-refractivity contribution in [3.63, 3.8) is 0 Å². The molecule has 0 saturated carbocycles. The molecule has 0 aliphatic carbocycles. The zero-order valence-corrected chi connectivity index (χ0v) is 15.7. The molecule has 1 atom stereocenters. The third-order valence-corrected chi connectivity index (χ3v) is 5.08. The Morgan fingerprint density at radius 1 is 1.18 bits per heavy atom. The van der Waals surface area contributed by atoms with Crippen molar-refractivity contribution in [2.45, 2.75) is 51.9 Å². The number of halogens is 3. The molecule has 0 bridgehead atoms. The summed E-state index contributed by atoms with van der Waals surface area (Å²) in [6, 6.07) is 2.72. The van der Waals surface area contributed by atoms with Gasteiger partial charge in [0.1, 0.15) is 11.5 Å². The second-order valence-corrected chi connectivity index (χ2v) is 7.09. The van der Waals surface area contributed by atoms with E-state index in [1.165, 1.54) is 0 Å². The summed E-state index contributed by atoms with van der Waals surface area (Å²) in [7, 11) is 0. The molecule has 6 nitrogen and oxygen atoms in total. The highest BCUT2D eigenvalue weighted by atomic mass is 19.4. The second-order valence-electron chi connectivity index (χ2n) is 7.09. The van der Waals surface area contributed by atoms with Gasteiger partial charge in [0.25, 0.3) is 0 Å². The maximum Gasteiger partial charge on any atom is 0.433 e. The molecule has 4 heterocycles. The lowest BCUT2D eigenvalue weighted by atomic mass is 10.1. The van der Waals surface area contributed by atoms with Gasteiger partial charge < -0.3 is 0 Å². The summed E-state index contributed by atoms with van der Waals surface area (Å²) in [5.74, 6) is 0.708. The first-order chi connectivity index (χ1) is 13.3. The van der Waals surface area contributed by atoms with Crippen molar-refractivity contribution < 1.29 is 13.2 Å². The predicted octanol–water partition coefficient (Wildman–Crippen LogP) is 3.75. The van der Waals surface area contributed by atoms with E-state index >= 15 is 0 Å². The third kappa shape index (κ3) is 3.58. The lowest BCUT2D eigenvalue weighted by Crippen LogP contribution is -2.23. The van der Waals surface area contributed by atoms with E-state index in [1.54, 1.807) is 25.4 Å². The van der Waals surface area contributed by atoms with Crippen molar-refractivity contribution in [3.8, 4) is 0 Å². The van der Waals surface area contributed by atoms with Crippen LogP contribution in [0, 0.1) is 6.92 Å². The number of fused-ring (bicyclic) bond motifs is 1. The number of alkyl halides is 3. The molecule has 0 N–H and O–H groups in total. The highest BCUT2D eigenvalue weighted by Crippen LogP contribution is 2.35. The average Bonchev–Trinajstić information content (AvgIpc) is 3.28. The van der Waals surface area contributed by atoms with Crippen molar-refractivity contribution >= 4 is 5.65 Å². The number of likely N-dealkylation sites (tertiary alicyclic amines) is 1. The number of aryl methyl sites for hydroxylation is 2. The number of rotatable bonds is 4. The molecule has 0 amide bonds. The van der Waals surface area contributed by atoms with E-state index in [-0.39, 0.29) is 11.7 Å². The first-order valence-corrected chi connectivity index (χ1v) is 9.33. The van der Waals surface area contributed by atoms with Gasteiger partial charge in [-0.2, -0.15) is 18.3 Å². The zero-order valence-electron chi connectivity index (χ0n) is 15.7. The standard InChI is InChI=1S/C19H21F3N6/c1-3-14-7-17(19(20,21)22)28-18(25-14)8-15(26-28)16-5-4-6-27(16)11-13-9-23-12(2)24-10-13/h7-10,16H,3-6,11H2,1-2H3. The van der Waals surface area contributed by atoms with Gasteiger partial charge in [-0.3, -0.25) is 4.90 Å². The van der Waals surface area contributed by atoms with Crippen LogP contribution < -0.4 is 0 Å². The summed E-state index contributed by atoms with van der Waals surface area (Å²) in [6.07, 6.45) is 1.34. The van der Waals surface area contributed by atoms with Crippen LogP contribution in [-0.4, -0.2) is 36.0 Å². The molecule has 1 unspecified atom stereocenters. The Hall–Kier alpha value is -2.55.